The van der Waals surface area contributed by atoms with Crippen molar-refractivity contribution in [2.45, 2.75) is 13.0 Å². The van der Waals surface area contributed by atoms with Gasteiger partial charge in [0.1, 0.15) is 23.3 Å². The lowest BCUT2D eigenvalue weighted by Crippen LogP contribution is -2.25. The average molecular weight is 362 g/mol. The third-order valence-electron chi connectivity index (χ3n) is 3.01. The Balaban J connectivity index is 2.61. The molecule has 0 fully saturated rings. The van der Waals surface area contributed by atoms with Gasteiger partial charge < -0.3 is 5.32 Å². The van der Waals surface area contributed by atoms with E-state index in [1.54, 1.807) is 6.92 Å². The van der Waals surface area contributed by atoms with Gasteiger partial charge in [0, 0.05) is 27.7 Å². The second-order valence-electron chi connectivity index (χ2n) is 4.44. The fourth-order valence-electron chi connectivity index (χ4n) is 2.14. The summed E-state index contributed by atoms with van der Waals surface area (Å²) < 4.78 is 55.5. The van der Waals surface area contributed by atoms with Crippen molar-refractivity contribution in [3.05, 3.63) is 69.2 Å². The van der Waals surface area contributed by atoms with Crippen LogP contribution >= 0.6 is 15.9 Å². The molecule has 1 N–H and O–H groups in total. The molecule has 0 saturated heterocycles. The van der Waals surface area contributed by atoms with Crippen molar-refractivity contribution in [2.75, 3.05) is 6.54 Å². The van der Waals surface area contributed by atoms with Crippen LogP contribution in [0.2, 0.25) is 0 Å². The Morgan fingerprint density at radius 1 is 1.00 bits per heavy atom. The van der Waals surface area contributed by atoms with Crippen LogP contribution in [0.3, 0.4) is 0 Å². The molecule has 0 spiro atoms. The van der Waals surface area contributed by atoms with Gasteiger partial charge in [0.05, 0.1) is 6.04 Å². The van der Waals surface area contributed by atoms with E-state index in [0.717, 1.165) is 0 Å². The molecule has 0 bridgehead atoms. The van der Waals surface area contributed by atoms with Crippen molar-refractivity contribution in [1.29, 1.82) is 0 Å². The van der Waals surface area contributed by atoms with E-state index in [0.29, 0.717) is 23.2 Å². The van der Waals surface area contributed by atoms with Crippen molar-refractivity contribution >= 4 is 15.9 Å². The molecule has 2 rings (SSSR count). The van der Waals surface area contributed by atoms with Gasteiger partial charge in [0.2, 0.25) is 0 Å². The second kappa shape index (κ2) is 6.58. The van der Waals surface area contributed by atoms with Crippen LogP contribution in [-0.4, -0.2) is 6.54 Å². The van der Waals surface area contributed by atoms with E-state index in [9.17, 15) is 17.6 Å². The summed E-state index contributed by atoms with van der Waals surface area (Å²) in [5.74, 6) is -3.73. The number of rotatable bonds is 4. The summed E-state index contributed by atoms with van der Waals surface area (Å²) in [6.45, 7) is 2.08. The number of benzene rings is 2. The van der Waals surface area contributed by atoms with Crippen molar-refractivity contribution < 1.29 is 17.6 Å². The minimum absolute atomic E-state index is 0.0793. The molecule has 0 aliphatic carbocycles. The third kappa shape index (κ3) is 3.44. The molecule has 112 valence electrons. The summed E-state index contributed by atoms with van der Waals surface area (Å²) >= 11 is 3.19. The number of hydrogen-bond donors (Lipinski definition) is 1. The van der Waals surface area contributed by atoms with Crippen LogP contribution < -0.4 is 5.32 Å². The van der Waals surface area contributed by atoms with Gasteiger partial charge in [0.15, 0.2) is 0 Å². The van der Waals surface area contributed by atoms with Gasteiger partial charge in [0.25, 0.3) is 0 Å². The lowest BCUT2D eigenvalue weighted by atomic mass is 9.97. The third-order valence-corrected chi connectivity index (χ3v) is 3.50. The molecule has 0 aromatic heterocycles. The topological polar surface area (TPSA) is 12.0 Å². The predicted octanol–water partition coefficient (Wildman–Crippen LogP) is 4.70. The largest absolute Gasteiger partial charge is 0.306 e. The van der Waals surface area contributed by atoms with Gasteiger partial charge in [-0.1, -0.05) is 22.9 Å². The summed E-state index contributed by atoms with van der Waals surface area (Å²) in [5, 5.41) is 2.82. The highest BCUT2D eigenvalue weighted by Crippen LogP contribution is 2.31. The van der Waals surface area contributed by atoms with E-state index in [1.165, 1.54) is 18.2 Å². The highest BCUT2D eigenvalue weighted by Gasteiger charge is 2.25. The van der Waals surface area contributed by atoms with Crippen LogP contribution in [0, 0.1) is 23.3 Å². The maximum Gasteiger partial charge on any atom is 0.134 e. The molecule has 21 heavy (non-hydrogen) atoms. The SMILES string of the molecule is CCNC(c1cc(Br)ccc1F)c1c(F)cc(F)cc1F. The molecule has 0 saturated carbocycles. The Bertz CT molecular complexity index is 637. The summed E-state index contributed by atoms with van der Waals surface area (Å²) in [4.78, 5) is 0. The van der Waals surface area contributed by atoms with E-state index in [2.05, 4.69) is 21.2 Å². The highest BCUT2D eigenvalue weighted by atomic mass is 79.9. The fraction of sp³-hybridized carbons (Fsp3) is 0.200. The van der Waals surface area contributed by atoms with E-state index in [4.69, 9.17) is 0 Å². The molecule has 0 amide bonds. The normalized spacial score (nSPS) is 12.5. The maximum absolute atomic E-state index is 14.0. The summed E-state index contributed by atoms with van der Waals surface area (Å²) in [7, 11) is 0. The van der Waals surface area contributed by atoms with Gasteiger partial charge in [-0.3, -0.25) is 0 Å². The summed E-state index contributed by atoms with van der Waals surface area (Å²) in [6, 6.07) is 4.23. The monoisotopic (exact) mass is 361 g/mol. The van der Waals surface area contributed by atoms with Crippen LogP contribution in [-0.2, 0) is 0 Å². The van der Waals surface area contributed by atoms with Gasteiger partial charge in [-0.15, -0.1) is 0 Å². The molecule has 1 nitrogen and oxygen atoms in total. The van der Waals surface area contributed by atoms with Crippen molar-refractivity contribution in [3.63, 3.8) is 0 Å². The van der Waals surface area contributed by atoms with Gasteiger partial charge >= 0.3 is 0 Å². The lowest BCUT2D eigenvalue weighted by molar-refractivity contribution is 0.481. The van der Waals surface area contributed by atoms with Crippen molar-refractivity contribution in [1.82, 2.24) is 5.32 Å². The summed E-state index contributed by atoms with van der Waals surface area (Å²) in [6.07, 6.45) is 0. The van der Waals surface area contributed by atoms with Crippen LogP contribution in [0.15, 0.2) is 34.8 Å². The van der Waals surface area contributed by atoms with E-state index in [-0.39, 0.29) is 5.56 Å². The minimum atomic E-state index is -1.06. The molecule has 0 radical (unpaired) electrons. The van der Waals surface area contributed by atoms with Gasteiger partial charge in [-0.2, -0.15) is 0 Å². The Morgan fingerprint density at radius 3 is 2.19 bits per heavy atom. The first-order valence-electron chi connectivity index (χ1n) is 6.26. The van der Waals surface area contributed by atoms with E-state index in [1.807, 2.05) is 0 Å². The molecular weight excluding hydrogens is 350 g/mol. The van der Waals surface area contributed by atoms with Gasteiger partial charge in [-0.25, -0.2) is 17.6 Å². The van der Waals surface area contributed by atoms with Crippen LogP contribution in [0.5, 0.6) is 0 Å². The number of hydrogen-bond acceptors (Lipinski definition) is 1. The number of halogens is 5. The Morgan fingerprint density at radius 2 is 1.62 bits per heavy atom. The maximum atomic E-state index is 14.0. The zero-order valence-electron chi connectivity index (χ0n) is 11.1. The summed E-state index contributed by atoms with van der Waals surface area (Å²) in [5.41, 5.74) is -0.328. The van der Waals surface area contributed by atoms with E-state index >= 15 is 0 Å². The zero-order valence-corrected chi connectivity index (χ0v) is 12.6. The molecule has 6 heteroatoms. The highest BCUT2D eigenvalue weighted by molar-refractivity contribution is 9.10. The Labute approximate surface area is 128 Å². The Kier molecular flexibility index (Phi) is 5.00. The van der Waals surface area contributed by atoms with E-state index < -0.39 is 34.9 Å². The molecule has 0 aliphatic rings. The molecule has 1 unspecified atom stereocenters. The second-order valence-corrected chi connectivity index (χ2v) is 5.36. The minimum Gasteiger partial charge on any atom is -0.306 e. The molecule has 1 atom stereocenters. The van der Waals surface area contributed by atoms with Crippen molar-refractivity contribution in [3.8, 4) is 0 Å². The molecular formula is C15H12BrF4N. The average Bonchev–Trinajstić information content (AvgIpc) is 2.39. The van der Waals surface area contributed by atoms with Gasteiger partial charge in [-0.05, 0) is 24.7 Å². The number of nitrogens with one attached hydrogen (secondary N) is 1. The first-order valence-corrected chi connectivity index (χ1v) is 7.06. The first kappa shape index (κ1) is 16.0. The smallest absolute Gasteiger partial charge is 0.134 e. The zero-order chi connectivity index (χ0) is 15.6. The molecule has 0 aliphatic heterocycles. The quantitative estimate of drug-likeness (QED) is 0.778. The van der Waals surface area contributed by atoms with Crippen molar-refractivity contribution in [2.24, 2.45) is 0 Å². The van der Waals surface area contributed by atoms with Crippen LogP contribution in [0.25, 0.3) is 0 Å². The molecule has 2 aromatic rings. The standard InChI is InChI=1S/C15H12BrF4N/c1-2-21-15(10-5-8(16)3-4-11(10)18)14-12(19)6-9(17)7-13(14)20/h3-7,15,21H,2H2,1H3. The fourth-order valence-corrected chi connectivity index (χ4v) is 2.52. The lowest BCUT2D eigenvalue weighted by Gasteiger charge is -2.21. The van der Waals surface area contributed by atoms with Crippen LogP contribution in [0.4, 0.5) is 17.6 Å². The Hall–Kier alpha value is -1.40. The molecule has 0 heterocycles. The predicted molar refractivity (Wildman–Crippen MR) is 75.9 cm³/mol. The molecule has 2 aromatic carbocycles. The first-order chi connectivity index (χ1) is 9.93. The van der Waals surface area contributed by atoms with Crippen LogP contribution in [0.1, 0.15) is 24.1 Å².